The van der Waals surface area contributed by atoms with Crippen LogP contribution < -0.4 is 10.6 Å². The summed E-state index contributed by atoms with van der Waals surface area (Å²) in [6.45, 7) is 0. The summed E-state index contributed by atoms with van der Waals surface area (Å²) < 4.78 is 26.5. The van der Waals surface area contributed by atoms with Crippen LogP contribution in [0, 0.1) is 23.5 Å². The maximum Gasteiger partial charge on any atom is 0.227 e. The third-order valence-corrected chi connectivity index (χ3v) is 4.60. The monoisotopic (exact) mass is 358 g/mol. The highest BCUT2D eigenvalue weighted by atomic mass is 19.1. The van der Waals surface area contributed by atoms with Crippen molar-refractivity contribution < 1.29 is 18.4 Å². The Labute approximate surface area is 150 Å². The van der Waals surface area contributed by atoms with Gasteiger partial charge in [0.15, 0.2) is 0 Å². The molecule has 1 saturated carbocycles. The lowest BCUT2D eigenvalue weighted by Crippen LogP contribution is -2.33. The molecule has 1 fully saturated rings. The fourth-order valence-corrected chi connectivity index (χ4v) is 3.29. The molecule has 3 rings (SSSR count). The van der Waals surface area contributed by atoms with E-state index in [2.05, 4.69) is 10.6 Å². The van der Waals surface area contributed by atoms with E-state index in [0.717, 1.165) is 6.42 Å². The molecule has 2 N–H and O–H groups in total. The Morgan fingerprint density at radius 3 is 1.69 bits per heavy atom. The van der Waals surface area contributed by atoms with Crippen molar-refractivity contribution in [3.8, 4) is 0 Å². The van der Waals surface area contributed by atoms with Crippen molar-refractivity contribution in [3.05, 3.63) is 60.2 Å². The number of amides is 2. The molecule has 0 saturated heterocycles. The van der Waals surface area contributed by atoms with Crippen molar-refractivity contribution in [1.82, 2.24) is 0 Å². The lowest BCUT2D eigenvalue weighted by molar-refractivity contribution is -0.124. The summed E-state index contributed by atoms with van der Waals surface area (Å²) in [6, 6.07) is 11.4. The first-order chi connectivity index (χ1) is 12.5. The standard InChI is InChI=1S/C20H20F2N2O2/c21-15-6-2-8-17(11-15)23-19(25)13-4-1-5-14(10-13)20(26)24-18-9-3-7-16(22)12-18/h2-3,6-9,11-14H,1,4-5,10H2,(H,23,25)(H,24,26)/t13-,14-/m0/s1. The molecule has 0 aliphatic heterocycles. The Morgan fingerprint density at radius 2 is 1.27 bits per heavy atom. The van der Waals surface area contributed by atoms with Crippen molar-refractivity contribution in [2.24, 2.45) is 11.8 Å². The quantitative estimate of drug-likeness (QED) is 0.854. The average molecular weight is 358 g/mol. The van der Waals surface area contributed by atoms with Gasteiger partial charge in [-0.25, -0.2) is 8.78 Å². The second-order valence-electron chi connectivity index (χ2n) is 6.56. The first-order valence-electron chi connectivity index (χ1n) is 8.64. The highest BCUT2D eigenvalue weighted by molar-refractivity contribution is 5.95. The van der Waals surface area contributed by atoms with Gasteiger partial charge >= 0.3 is 0 Å². The normalized spacial score (nSPS) is 19.6. The minimum Gasteiger partial charge on any atom is -0.326 e. The number of rotatable bonds is 4. The fraction of sp³-hybridized carbons (Fsp3) is 0.300. The summed E-state index contributed by atoms with van der Waals surface area (Å²) >= 11 is 0. The third kappa shape index (κ3) is 4.65. The molecule has 136 valence electrons. The van der Waals surface area contributed by atoms with Crippen LogP contribution >= 0.6 is 0 Å². The molecule has 0 spiro atoms. The van der Waals surface area contributed by atoms with Crippen molar-refractivity contribution in [3.63, 3.8) is 0 Å². The van der Waals surface area contributed by atoms with Crippen LogP contribution in [0.15, 0.2) is 48.5 Å². The van der Waals surface area contributed by atoms with Crippen molar-refractivity contribution in [1.29, 1.82) is 0 Å². The number of hydrogen-bond acceptors (Lipinski definition) is 2. The van der Waals surface area contributed by atoms with E-state index in [4.69, 9.17) is 0 Å². The van der Waals surface area contributed by atoms with Crippen molar-refractivity contribution in [2.75, 3.05) is 10.6 Å². The van der Waals surface area contributed by atoms with Gasteiger partial charge < -0.3 is 10.6 Å². The van der Waals surface area contributed by atoms with Crippen molar-refractivity contribution >= 4 is 23.2 Å². The average Bonchev–Trinajstić information content (AvgIpc) is 2.62. The van der Waals surface area contributed by atoms with Gasteiger partial charge in [-0.05, 0) is 55.7 Å². The molecule has 0 aromatic heterocycles. The molecule has 0 radical (unpaired) electrons. The zero-order chi connectivity index (χ0) is 18.5. The zero-order valence-corrected chi connectivity index (χ0v) is 14.2. The summed E-state index contributed by atoms with van der Waals surface area (Å²) in [6.07, 6.45) is 2.54. The predicted molar refractivity (Wildman–Crippen MR) is 95.5 cm³/mol. The molecule has 0 unspecified atom stereocenters. The Bertz CT molecular complexity index is 744. The Hall–Kier alpha value is -2.76. The summed E-state index contributed by atoms with van der Waals surface area (Å²) in [5.74, 6) is -1.87. The van der Waals surface area contributed by atoms with Crippen LogP contribution in [0.25, 0.3) is 0 Å². The van der Waals surface area contributed by atoms with Crippen LogP contribution in [-0.4, -0.2) is 11.8 Å². The molecule has 2 atom stereocenters. The topological polar surface area (TPSA) is 58.2 Å². The first kappa shape index (κ1) is 18.0. The van der Waals surface area contributed by atoms with Crippen LogP contribution in [0.5, 0.6) is 0 Å². The number of anilines is 2. The van der Waals surface area contributed by atoms with Gasteiger partial charge in [-0.1, -0.05) is 18.6 Å². The van der Waals surface area contributed by atoms with Gasteiger partial charge in [0.05, 0.1) is 0 Å². The molecule has 2 aromatic carbocycles. The van der Waals surface area contributed by atoms with Gasteiger partial charge in [-0.2, -0.15) is 0 Å². The number of carbonyl (C=O) groups is 2. The lowest BCUT2D eigenvalue weighted by atomic mass is 9.80. The second-order valence-corrected chi connectivity index (χ2v) is 6.56. The first-order valence-corrected chi connectivity index (χ1v) is 8.64. The van der Waals surface area contributed by atoms with Crippen LogP contribution in [0.2, 0.25) is 0 Å². The summed E-state index contributed by atoms with van der Waals surface area (Å²) in [5.41, 5.74) is 0.808. The van der Waals surface area contributed by atoms with Crippen LogP contribution in [0.3, 0.4) is 0 Å². The largest absolute Gasteiger partial charge is 0.326 e. The fourth-order valence-electron chi connectivity index (χ4n) is 3.29. The van der Waals surface area contributed by atoms with E-state index in [1.807, 2.05) is 0 Å². The number of hydrogen-bond donors (Lipinski definition) is 2. The van der Waals surface area contributed by atoms with Gasteiger partial charge in [-0.3, -0.25) is 9.59 Å². The number of halogens is 2. The Kier molecular flexibility index (Phi) is 5.61. The Morgan fingerprint density at radius 1 is 0.808 bits per heavy atom. The molecule has 1 aliphatic carbocycles. The third-order valence-electron chi connectivity index (χ3n) is 4.60. The highest BCUT2D eigenvalue weighted by Crippen LogP contribution is 2.31. The molecule has 6 heteroatoms. The predicted octanol–water partition coefficient (Wildman–Crippen LogP) is 4.35. The lowest BCUT2D eigenvalue weighted by Gasteiger charge is -2.27. The SMILES string of the molecule is O=C(Nc1cccc(F)c1)[C@H]1CCC[C@H](C(=O)Nc2cccc(F)c2)C1. The second kappa shape index (κ2) is 8.08. The molecule has 0 bridgehead atoms. The molecular weight excluding hydrogens is 338 g/mol. The minimum atomic E-state index is -0.418. The smallest absolute Gasteiger partial charge is 0.227 e. The summed E-state index contributed by atoms with van der Waals surface area (Å²) in [4.78, 5) is 24.9. The van der Waals surface area contributed by atoms with Gasteiger partial charge in [0.25, 0.3) is 0 Å². The molecule has 0 heterocycles. The minimum absolute atomic E-state index is 0.209. The number of carbonyl (C=O) groups excluding carboxylic acids is 2. The molecule has 2 amide bonds. The maximum absolute atomic E-state index is 13.2. The van der Waals surface area contributed by atoms with Crippen molar-refractivity contribution in [2.45, 2.75) is 25.7 Å². The molecule has 4 nitrogen and oxygen atoms in total. The summed E-state index contributed by atoms with van der Waals surface area (Å²) in [5, 5.41) is 5.42. The van der Waals surface area contributed by atoms with Gasteiger partial charge in [0.2, 0.25) is 11.8 Å². The van der Waals surface area contributed by atoms with Gasteiger partial charge in [0.1, 0.15) is 11.6 Å². The summed E-state index contributed by atoms with van der Waals surface area (Å²) in [7, 11) is 0. The van der Waals surface area contributed by atoms with E-state index in [1.54, 1.807) is 12.1 Å². The van der Waals surface area contributed by atoms with E-state index in [9.17, 15) is 18.4 Å². The van der Waals surface area contributed by atoms with Gasteiger partial charge in [0, 0.05) is 23.2 Å². The zero-order valence-electron chi connectivity index (χ0n) is 14.2. The molecule has 1 aliphatic rings. The van der Waals surface area contributed by atoms with E-state index < -0.39 is 11.6 Å². The van der Waals surface area contributed by atoms with Crippen LogP contribution in [-0.2, 0) is 9.59 Å². The highest BCUT2D eigenvalue weighted by Gasteiger charge is 2.31. The van der Waals surface area contributed by atoms with E-state index in [1.165, 1.54) is 36.4 Å². The van der Waals surface area contributed by atoms with Crippen LogP contribution in [0.1, 0.15) is 25.7 Å². The maximum atomic E-state index is 13.2. The molecule has 2 aromatic rings. The van der Waals surface area contributed by atoms with E-state index >= 15 is 0 Å². The van der Waals surface area contributed by atoms with Gasteiger partial charge in [-0.15, -0.1) is 0 Å². The Balaban J connectivity index is 1.59. The number of benzene rings is 2. The van der Waals surface area contributed by atoms with E-state index in [-0.39, 0.29) is 23.7 Å². The molecule has 26 heavy (non-hydrogen) atoms. The van der Waals surface area contributed by atoms with Crippen LogP contribution in [0.4, 0.5) is 20.2 Å². The molecular formula is C20H20F2N2O2. The van der Waals surface area contributed by atoms with E-state index in [0.29, 0.717) is 30.6 Å². The number of nitrogens with one attached hydrogen (secondary N) is 2.